The van der Waals surface area contributed by atoms with Crippen LogP contribution in [0.15, 0.2) is 48.5 Å². The van der Waals surface area contributed by atoms with Gasteiger partial charge in [0.05, 0.1) is 23.5 Å². The number of anilines is 2. The summed E-state index contributed by atoms with van der Waals surface area (Å²) in [5, 5.41) is 10.4. The number of hydrogen-bond acceptors (Lipinski definition) is 4. The minimum atomic E-state index is -0.965. The fourth-order valence-electron chi connectivity index (χ4n) is 3.54. The molecule has 1 saturated heterocycles. The van der Waals surface area contributed by atoms with Gasteiger partial charge in [0.25, 0.3) is 0 Å². The molecule has 1 fully saturated rings. The lowest BCUT2D eigenvalue weighted by molar-refractivity contribution is 0.200. The number of benzene rings is 2. The summed E-state index contributed by atoms with van der Waals surface area (Å²) in [6.07, 6.45) is -0.204. The van der Waals surface area contributed by atoms with E-state index in [1.54, 1.807) is 19.2 Å². The molecule has 0 aliphatic carbocycles. The summed E-state index contributed by atoms with van der Waals surface area (Å²) in [5.41, 5.74) is 1.66. The van der Waals surface area contributed by atoms with Crippen LogP contribution in [0.5, 0.6) is 5.75 Å². The number of methoxy groups -OCH3 is 1. The van der Waals surface area contributed by atoms with E-state index in [2.05, 4.69) is 15.9 Å². The van der Waals surface area contributed by atoms with Crippen molar-refractivity contribution in [3.8, 4) is 5.75 Å². The number of para-hydroxylation sites is 3. The van der Waals surface area contributed by atoms with Gasteiger partial charge in [-0.2, -0.15) is 0 Å². The van der Waals surface area contributed by atoms with Crippen molar-refractivity contribution in [2.45, 2.75) is 6.42 Å². The smallest absolute Gasteiger partial charge is 0.411 e. The highest BCUT2D eigenvalue weighted by atomic mass is 35.5. The van der Waals surface area contributed by atoms with Gasteiger partial charge >= 0.3 is 6.09 Å². The summed E-state index contributed by atoms with van der Waals surface area (Å²) in [4.78, 5) is 17.8. The average Bonchev–Trinajstić information content (AvgIpc) is 2.72. The summed E-state index contributed by atoms with van der Waals surface area (Å²) in [7, 11) is 1.55. The normalized spacial score (nSPS) is 14.7. The topological polar surface area (TPSA) is 56.2 Å². The first-order valence-electron chi connectivity index (χ1n) is 9.45. The molecule has 0 bridgehead atoms. The number of rotatable bonds is 7. The van der Waals surface area contributed by atoms with Crippen LogP contribution in [-0.4, -0.2) is 62.5 Å². The van der Waals surface area contributed by atoms with Gasteiger partial charge in [0.1, 0.15) is 5.75 Å². The van der Waals surface area contributed by atoms with E-state index in [4.69, 9.17) is 16.3 Å². The second kappa shape index (κ2) is 9.66. The second-order valence-corrected chi connectivity index (χ2v) is 7.15. The van der Waals surface area contributed by atoms with Gasteiger partial charge in [0.15, 0.2) is 0 Å². The zero-order valence-corrected chi connectivity index (χ0v) is 16.8. The lowest BCUT2D eigenvalue weighted by atomic mass is 10.2. The molecular weight excluding hydrogens is 378 g/mol. The summed E-state index contributed by atoms with van der Waals surface area (Å²) in [6.45, 7) is 4.99. The van der Waals surface area contributed by atoms with Gasteiger partial charge in [0.2, 0.25) is 0 Å². The average molecular weight is 404 g/mol. The van der Waals surface area contributed by atoms with Gasteiger partial charge in [-0.25, -0.2) is 4.79 Å². The summed E-state index contributed by atoms with van der Waals surface area (Å²) in [5.74, 6) is 0.568. The Bertz CT molecular complexity index is 794. The van der Waals surface area contributed by atoms with Crippen LogP contribution in [0.2, 0.25) is 5.02 Å². The zero-order chi connectivity index (χ0) is 19.9. The fraction of sp³-hybridized carbons (Fsp3) is 0.381. The van der Waals surface area contributed by atoms with E-state index < -0.39 is 6.09 Å². The second-order valence-electron chi connectivity index (χ2n) is 6.74. The number of amides is 1. The molecule has 1 N–H and O–H groups in total. The van der Waals surface area contributed by atoms with Crippen molar-refractivity contribution in [1.82, 2.24) is 4.90 Å². The van der Waals surface area contributed by atoms with Crippen LogP contribution in [0, 0.1) is 0 Å². The Labute approximate surface area is 170 Å². The van der Waals surface area contributed by atoms with E-state index in [1.165, 1.54) is 4.90 Å². The van der Waals surface area contributed by atoms with Gasteiger partial charge in [0, 0.05) is 32.7 Å². The van der Waals surface area contributed by atoms with Gasteiger partial charge in [-0.15, -0.1) is 0 Å². The molecule has 0 radical (unpaired) electrons. The number of halogens is 1. The van der Waals surface area contributed by atoms with Crippen molar-refractivity contribution in [3.63, 3.8) is 0 Å². The first-order chi connectivity index (χ1) is 13.6. The van der Waals surface area contributed by atoms with E-state index in [-0.39, 0.29) is 0 Å². The molecule has 3 rings (SSSR count). The van der Waals surface area contributed by atoms with Crippen LogP contribution in [-0.2, 0) is 0 Å². The molecule has 1 aliphatic heterocycles. The standard InChI is InChI=1S/C21H26ClN3O3/c1-28-20-10-5-4-9-19(20)25(21(26)27)12-6-11-23-13-15-24(16-14-23)18-8-3-2-7-17(18)22/h2-5,7-10H,6,11-16H2,1H3,(H,26,27). The van der Waals surface area contributed by atoms with E-state index in [0.29, 0.717) is 18.0 Å². The summed E-state index contributed by atoms with van der Waals surface area (Å²) in [6, 6.07) is 15.1. The van der Waals surface area contributed by atoms with Crippen molar-refractivity contribution >= 4 is 29.1 Å². The molecule has 0 spiro atoms. The number of carboxylic acid groups (broad SMARTS) is 1. The third-order valence-electron chi connectivity index (χ3n) is 5.03. The molecule has 1 amide bonds. The van der Waals surface area contributed by atoms with Gasteiger partial charge in [-0.05, 0) is 37.2 Å². The van der Waals surface area contributed by atoms with Crippen molar-refractivity contribution < 1.29 is 14.6 Å². The molecule has 0 aromatic heterocycles. The fourth-order valence-corrected chi connectivity index (χ4v) is 3.80. The molecule has 2 aromatic carbocycles. The Morgan fingerprint density at radius 3 is 2.46 bits per heavy atom. The minimum Gasteiger partial charge on any atom is -0.495 e. The van der Waals surface area contributed by atoms with Crippen molar-refractivity contribution in [3.05, 3.63) is 53.6 Å². The summed E-state index contributed by atoms with van der Waals surface area (Å²) >= 11 is 6.30. The van der Waals surface area contributed by atoms with E-state index in [0.717, 1.165) is 49.9 Å². The molecule has 0 saturated carbocycles. The van der Waals surface area contributed by atoms with Crippen LogP contribution >= 0.6 is 11.6 Å². The Kier molecular flexibility index (Phi) is 7.01. The quantitative estimate of drug-likeness (QED) is 0.755. The summed E-state index contributed by atoms with van der Waals surface area (Å²) < 4.78 is 5.30. The molecule has 1 aliphatic rings. The SMILES string of the molecule is COc1ccccc1N(CCCN1CCN(c2ccccc2Cl)CC1)C(=O)O. The van der Waals surface area contributed by atoms with E-state index in [9.17, 15) is 9.90 Å². The molecule has 28 heavy (non-hydrogen) atoms. The number of ether oxygens (including phenoxy) is 1. The Hall–Kier alpha value is -2.44. The van der Waals surface area contributed by atoms with Crippen LogP contribution in [0.25, 0.3) is 0 Å². The largest absolute Gasteiger partial charge is 0.495 e. The Morgan fingerprint density at radius 2 is 1.79 bits per heavy atom. The molecule has 150 valence electrons. The lowest BCUT2D eigenvalue weighted by Gasteiger charge is -2.36. The van der Waals surface area contributed by atoms with Crippen LogP contribution < -0.4 is 14.5 Å². The zero-order valence-electron chi connectivity index (χ0n) is 16.1. The maximum atomic E-state index is 11.7. The van der Waals surface area contributed by atoms with Crippen LogP contribution in [0.1, 0.15) is 6.42 Å². The number of carbonyl (C=O) groups is 1. The third kappa shape index (κ3) is 4.88. The van der Waals surface area contributed by atoms with Crippen molar-refractivity contribution in [2.75, 3.05) is 56.2 Å². The number of piperazine rings is 1. The molecule has 1 heterocycles. The Morgan fingerprint density at radius 1 is 1.11 bits per heavy atom. The first-order valence-corrected chi connectivity index (χ1v) is 9.83. The highest BCUT2D eigenvalue weighted by molar-refractivity contribution is 6.33. The van der Waals surface area contributed by atoms with Crippen molar-refractivity contribution in [2.24, 2.45) is 0 Å². The van der Waals surface area contributed by atoms with E-state index >= 15 is 0 Å². The van der Waals surface area contributed by atoms with Crippen molar-refractivity contribution in [1.29, 1.82) is 0 Å². The predicted octanol–water partition coefficient (Wildman–Crippen LogP) is 4.05. The van der Waals surface area contributed by atoms with Crippen LogP contribution in [0.3, 0.4) is 0 Å². The molecule has 6 nitrogen and oxygen atoms in total. The lowest BCUT2D eigenvalue weighted by Crippen LogP contribution is -2.47. The Balaban J connectivity index is 1.51. The van der Waals surface area contributed by atoms with Gasteiger partial charge in [-0.1, -0.05) is 35.9 Å². The molecular formula is C21H26ClN3O3. The first kappa shape index (κ1) is 20.3. The molecule has 0 atom stereocenters. The van der Waals surface area contributed by atoms with Crippen LogP contribution in [0.4, 0.5) is 16.2 Å². The highest BCUT2D eigenvalue weighted by Crippen LogP contribution is 2.28. The predicted molar refractivity (Wildman–Crippen MR) is 113 cm³/mol. The maximum Gasteiger partial charge on any atom is 0.411 e. The third-order valence-corrected chi connectivity index (χ3v) is 5.35. The number of hydrogen-bond donors (Lipinski definition) is 1. The molecule has 0 unspecified atom stereocenters. The van der Waals surface area contributed by atoms with Gasteiger partial charge < -0.3 is 14.7 Å². The number of nitrogens with zero attached hydrogens (tertiary/aromatic N) is 3. The molecule has 7 heteroatoms. The monoisotopic (exact) mass is 403 g/mol. The van der Waals surface area contributed by atoms with Gasteiger partial charge in [-0.3, -0.25) is 9.80 Å². The van der Waals surface area contributed by atoms with E-state index in [1.807, 2.05) is 30.3 Å². The maximum absolute atomic E-state index is 11.7. The minimum absolute atomic E-state index is 0.431. The molecule has 2 aromatic rings. The highest BCUT2D eigenvalue weighted by Gasteiger charge is 2.21.